The van der Waals surface area contributed by atoms with Crippen LogP contribution in [-0.2, 0) is 9.59 Å². The Labute approximate surface area is 201 Å². The molecular weight excluding hydrogens is 514 g/mol. The Kier molecular flexibility index (Phi) is 5.44. The van der Waals surface area contributed by atoms with Crippen molar-refractivity contribution in [3.05, 3.63) is 85.5 Å². The molecule has 1 unspecified atom stereocenters. The highest BCUT2D eigenvalue weighted by atomic mass is 79.9. The molecule has 2 aromatic carbocycles. The summed E-state index contributed by atoms with van der Waals surface area (Å²) in [4.78, 5) is 40.5. The van der Waals surface area contributed by atoms with Crippen LogP contribution in [0.1, 0.15) is 33.3 Å². The van der Waals surface area contributed by atoms with Crippen molar-refractivity contribution >= 4 is 67.9 Å². The van der Waals surface area contributed by atoms with E-state index in [0.717, 1.165) is 20.6 Å². The molecule has 5 rings (SSSR count). The van der Waals surface area contributed by atoms with Crippen molar-refractivity contribution in [1.29, 1.82) is 0 Å². The average Bonchev–Trinajstić information content (AvgIpc) is 3.51. The van der Waals surface area contributed by atoms with Gasteiger partial charge in [0.15, 0.2) is 0 Å². The molecule has 0 saturated carbocycles. The number of hydrogen-bond donors (Lipinski definition) is 0. The molecule has 2 aliphatic heterocycles. The van der Waals surface area contributed by atoms with Gasteiger partial charge in [-0.1, -0.05) is 45.7 Å². The zero-order valence-electron chi connectivity index (χ0n) is 16.5. The molecule has 3 aromatic rings. The first kappa shape index (κ1) is 21.1. The van der Waals surface area contributed by atoms with Crippen molar-refractivity contribution in [1.82, 2.24) is 5.01 Å². The van der Waals surface area contributed by atoms with Gasteiger partial charge in [0.25, 0.3) is 17.6 Å². The fourth-order valence-electron chi connectivity index (χ4n) is 3.90. The minimum Gasteiger partial charge on any atom is -0.295 e. The van der Waals surface area contributed by atoms with Gasteiger partial charge in [-0.2, -0.15) is 5.10 Å². The number of hydrazone groups is 1. The lowest BCUT2D eigenvalue weighted by molar-refractivity contribution is -0.132. The Morgan fingerprint density at radius 1 is 1.16 bits per heavy atom. The van der Waals surface area contributed by atoms with Crippen molar-refractivity contribution in [3.63, 3.8) is 0 Å². The molecule has 0 N–H and O–H groups in total. The minimum atomic E-state index is -0.736. The minimum absolute atomic E-state index is 0.214. The molecule has 6 nitrogen and oxygen atoms in total. The lowest BCUT2D eigenvalue weighted by atomic mass is 10.0. The summed E-state index contributed by atoms with van der Waals surface area (Å²) in [6.45, 7) is -0.280. The molecule has 3 heterocycles. The highest BCUT2D eigenvalue weighted by molar-refractivity contribution is 9.10. The maximum Gasteiger partial charge on any atom is 0.299 e. The fourth-order valence-corrected chi connectivity index (χ4v) is 5.15. The lowest BCUT2D eigenvalue weighted by Gasteiger charge is -2.23. The topological polar surface area (TPSA) is 70.1 Å². The van der Waals surface area contributed by atoms with Crippen LogP contribution < -0.4 is 4.90 Å². The van der Waals surface area contributed by atoms with Gasteiger partial charge < -0.3 is 0 Å². The summed E-state index contributed by atoms with van der Waals surface area (Å²) in [5.74, 6) is -1.76. The second kappa shape index (κ2) is 8.27. The number of ketones is 1. The van der Waals surface area contributed by atoms with Gasteiger partial charge in [0, 0.05) is 20.8 Å². The van der Waals surface area contributed by atoms with Crippen LogP contribution >= 0.6 is 38.9 Å². The molecule has 1 atom stereocenters. The van der Waals surface area contributed by atoms with Crippen LogP contribution in [0, 0.1) is 0 Å². The van der Waals surface area contributed by atoms with Crippen LogP contribution in [0.15, 0.2) is 69.6 Å². The van der Waals surface area contributed by atoms with Gasteiger partial charge in [-0.25, -0.2) is 5.01 Å². The molecule has 0 radical (unpaired) electrons. The van der Waals surface area contributed by atoms with Crippen molar-refractivity contribution in [2.75, 3.05) is 11.4 Å². The molecule has 32 heavy (non-hydrogen) atoms. The van der Waals surface area contributed by atoms with E-state index in [1.807, 2.05) is 41.8 Å². The van der Waals surface area contributed by atoms with Crippen molar-refractivity contribution in [2.45, 2.75) is 12.5 Å². The third-order valence-corrected chi connectivity index (χ3v) is 7.18. The standard InChI is InChI=1S/C23H15BrClN3O3S/c24-14-5-3-13(4-6-14)17-11-19(20-2-1-9-32-20)28(26-17)21(29)12-27-18-8-7-15(25)10-16(18)22(30)23(27)31/h1-10,19H,11-12H2. The first-order valence-corrected chi connectivity index (χ1v) is 11.8. The number of carbonyl (C=O) groups excluding carboxylic acids is 3. The van der Waals surface area contributed by atoms with Gasteiger partial charge in [-0.15, -0.1) is 11.3 Å². The Balaban J connectivity index is 1.46. The van der Waals surface area contributed by atoms with Gasteiger partial charge in [0.1, 0.15) is 6.54 Å². The molecule has 0 saturated heterocycles. The normalized spacial score (nSPS) is 17.7. The van der Waals surface area contributed by atoms with Crippen LogP contribution in [0.5, 0.6) is 0 Å². The summed E-state index contributed by atoms with van der Waals surface area (Å²) in [5.41, 5.74) is 2.32. The Morgan fingerprint density at radius 2 is 1.94 bits per heavy atom. The molecule has 0 aliphatic carbocycles. The number of benzene rings is 2. The van der Waals surface area contributed by atoms with Crippen LogP contribution in [0.3, 0.4) is 0 Å². The monoisotopic (exact) mass is 527 g/mol. The van der Waals surface area contributed by atoms with Gasteiger partial charge in [-0.3, -0.25) is 19.3 Å². The molecule has 0 spiro atoms. The molecule has 9 heteroatoms. The van der Waals surface area contributed by atoms with E-state index in [-0.39, 0.29) is 24.1 Å². The van der Waals surface area contributed by atoms with Crippen LogP contribution in [0.4, 0.5) is 5.69 Å². The van der Waals surface area contributed by atoms with Gasteiger partial charge in [0.05, 0.1) is 23.0 Å². The third kappa shape index (κ3) is 3.68. The Bertz CT molecular complexity index is 1270. The second-order valence-corrected chi connectivity index (χ2v) is 9.74. The smallest absolute Gasteiger partial charge is 0.295 e. The first-order chi connectivity index (χ1) is 15.4. The number of halogens is 2. The van der Waals surface area contributed by atoms with Gasteiger partial charge in [-0.05, 0) is 47.3 Å². The summed E-state index contributed by atoms with van der Waals surface area (Å²) in [6.07, 6.45) is 0.562. The van der Waals surface area contributed by atoms with Crippen LogP contribution in [-0.4, -0.2) is 34.9 Å². The summed E-state index contributed by atoms with van der Waals surface area (Å²) in [5, 5.41) is 8.39. The van der Waals surface area contributed by atoms with E-state index < -0.39 is 11.7 Å². The largest absolute Gasteiger partial charge is 0.299 e. The lowest BCUT2D eigenvalue weighted by Crippen LogP contribution is -2.40. The number of amides is 2. The average molecular weight is 529 g/mol. The van der Waals surface area contributed by atoms with E-state index in [1.165, 1.54) is 16.0 Å². The number of rotatable bonds is 4. The van der Waals surface area contributed by atoms with Crippen molar-refractivity contribution < 1.29 is 14.4 Å². The van der Waals surface area contributed by atoms with Gasteiger partial charge >= 0.3 is 0 Å². The maximum absolute atomic E-state index is 13.4. The van der Waals surface area contributed by atoms with E-state index in [0.29, 0.717) is 17.1 Å². The summed E-state index contributed by atoms with van der Waals surface area (Å²) < 4.78 is 0.957. The van der Waals surface area contributed by atoms with E-state index in [9.17, 15) is 14.4 Å². The quantitative estimate of drug-likeness (QED) is 0.444. The predicted octanol–water partition coefficient (Wildman–Crippen LogP) is 5.07. The summed E-state index contributed by atoms with van der Waals surface area (Å²) >= 11 is 11.0. The number of nitrogens with zero attached hydrogens (tertiary/aromatic N) is 3. The highest BCUT2D eigenvalue weighted by Crippen LogP contribution is 2.36. The molecule has 0 bridgehead atoms. The zero-order valence-corrected chi connectivity index (χ0v) is 19.7. The molecular formula is C23H15BrClN3O3S. The van der Waals surface area contributed by atoms with E-state index >= 15 is 0 Å². The Morgan fingerprint density at radius 3 is 2.66 bits per heavy atom. The zero-order chi connectivity index (χ0) is 22.4. The predicted molar refractivity (Wildman–Crippen MR) is 127 cm³/mol. The molecule has 0 fully saturated rings. The summed E-state index contributed by atoms with van der Waals surface area (Å²) in [7, 11) is 0. The molecule has 160 valence electrons. The Hall–Kier alpha value is -2.81. The van der Waals surface area contributed by atoms with E-state index in [4.69, 9.17) is 11.6 Å². The number of thiophene rings is 1. The van der Waals surface area contributed by atoms with E-state index in [2.05, 4.69) is 21.0 Å². The van der Waals surface area contributed by atoms with Crippen molar-refractivity contribution in [3.8, 4) is 0 Å². The number of fused-ring (bicyclic) bond motifs is 1. The number of anilines is 1. The fraction of sp³-hybridized carbons (Fsp3) is 0.130. The van der Waals surface area contributed by atoms with Crippen LogP contribution in [0.25, 0.3) is 0 Å². The number of carbonyl (C=O) groups is 3. The van der Waals surface area contributed by atoms with Gasteiger partial charge in [0.2, 0.25) is 0 Å². The molecule has 2 aliphatic rings. The third-order valence-electron chi connectivity index (χ3n) is 5.44. The number of hydrogen-bond acceptors (Lipinski definition) is 5. The second-order valence-electron chi connectivity index (χ2n) is 7.41. The summed E-state index contributed by atoms with van der Waals surface area (Å²) in [6, 6.07) is 16.0. The first-order valence-electron chi connectivity index (χ1n) is 9.77. The maximum atomic E-state index is 13.4. The van der Waals surface area contributed by atoms with Crippen molar-refractivity contribution in [2.24, 2.45) is 5.10 Å². The number of Topliss-reactive ketones (excluding diaryl/α,β-unsaturated/α-hetero) is 1. The molecule has 2 amide bonds. The molecule has 1 aromatic heterocycles. The van der Waals surface area contributed by atoms with E-state index in [1.54, 1.807) is 23.5 Å². The SMILES string of the molecule is O=C1C(=O)N(CC(=O)N2N=C(c3ccc(Br)cc3)CC2c2cccs2)c2ccc(Cl)cc21. The van der Waals surface area contributed by atoms with Crippen LogP contribution in [0.2, 0.25) is 5.02 Å². The highest BCUT2D eigenvalue weighted by Gasteiger charge is 2.40.